The Bertz CT molecular complexity index is 99.2. The fourth-order valence-corrected chi connectivity index (χ4v) is 0.280. The summed E-state index contributed by atoms with van der Waals surface area (Å²) in [5.41, 5.74) is 0. The molecule has 0 aliphatic heterocycles. The Morgan fingerprint density at radius 2 is 2.11 bits per heavy atom. The van der Waals surface area contributed by atoms with Crippen LogP contribution in [0.4, 0.5) is 0 Å². The molecule has 0 rings (SSSR count). The van der Waals surface area contributed by atoms with Crippen LogP contribution in [0.2, 0.25) is 0 Å². The fraction of sp³-hybridized carbons (Fsp3) is 0.500. The van der Waals surface area contributed by atoms with Gasteiger partial charge in [0.05, 0.1) is 6.10 Å². The Labute approximate surface area is 70.2 Å². The summed E-state index contributed by atoms with van der Waals surface area (Å²) in [7, 11) is 0. The second-order valence-corrected chi connectivity index (χ2v) is 1.69. The zero-order chi connectivity index (χ0) is 6.57. The monoisotopic (exact) mass is 162 g/mol. The molecule has 9 heavy (non-hydrogen) atoms. The van der Waals surface area contributed by atoms with Crippen LogP contribution >= 0.6 is 0 Å². The molecule has 3 heteroatoms. The number of hydrogen-bond acceptors (Lipinski definition) is 2. The van der Waals surface area contributed by atoms with Crippen LogP contribution in [0.5, 0.6) is 0 Å². The molecule has 0 aromatic heterocycles. The molecule has 0 heterocycles. The number of esters is 1. The van der Waals surface area contributed by atoms with E-state index in [4.69, 9.17) is 0 Å². The van der Waals surface area contributed by atoms with Crippen molar-refractivity contribution in [3.8, 4) is 0 Å². The molecule has 0 unspecified atom stereocenters. The van der Waals surface area contributed by atoms with Gasteiger partial charge in [-0.15, -0.1) is 0 Å². The number of carbonyl (C=O) groups is 1. The summed E-state index contributed by atoms with van der Waals surface area (Å²) >= 11 is 0. The summed E-state index contributed by atoms with van der Waals surface area (Å²) < 4.78 is 4.64. The molecule has 0 bridgehead atoms. The average molecular weight is 162 g/mol. The van der Waals surface area contributed by atoms with Crippen molar-refractivity contribution < 1.29 is 31.2 Å². The Kier molecular flexibility index (Phi) is 7.86. The molecule has 0 saturated heterocycles. The van der Waals surface area contributed by atoms with Gasteiger partial charge in [-0.3, -0.25) is 0 Å². The van der Waals surface area contributed by atoms with E-state index in [1.165, 1.54) is 0 Å². The molecule has 0 aromatic carbocycles. The zero-order valence-corrected chi connectivity index (χ0v) is 7.24. The maximum Gasteiger partial charge on any atom is 0.330 e. The predicted octanol–water partition coefficient (Wildman–Crippen LogP) is 1.12. The van der Waals surface area contributed by atoms with Crippen molar-refractivity contribution in [2.75, 3.05) is 0 Å². The topological polar surface area (TPSA) is 26.3 Å². The van der Waals surface area contributed by atoms with Gasteiger partial charge in [-0.25, -0.2) is 4.79 Å². The van der Waals surface area contributed by atoms with Gasteiger partial charge in [0, 0.05) is 27.8 Å². The van der Waals surface area contributed by atoms with E-state index in [1.807, 2.05) is 0 Å². The molecule has 50 valence electrons. The van der Waals surface area contributed by atoms with Gasteiger partial charge in [-0.1, -0.05) is 6.58 Å². The number of ether oxygens (including phenoxy) is 1. The second kappa shape index (κ2) is 6.05. The zero-order valence-electron chi connectivity index (χ0n) is 5.68. The molecule has 0 aliphatic carbocycles. The van der Waals surface area contributed by atoms with Gasteiger partial charge in [0.2, 0.25) is 0 Å². The predicted molar refractivity (Wildman–Crippen MR) is 31.4 cm³/mol. The van der Waals surface area contributed by atoms with Crippen LogP contribution in [0.15, 0.2) is 12.7 Å². The van der Waals surface area contributed by atoms with Gasteiger partial charge in [0.15, 0.2) is 0 Å². The van der Waals surface area contributed by atoms with Gasteiger partial charge in [0.1, 0.15) is 0 Å². The fourth-order valence-electron chi connectivity index (χ4n) is 0.280. The smallest absolute Gasteiger partial charge is 0.330 e. The Morgan fingerprint density at radius 1 is 1.67 bits per heavy atom. The van der Waals surface area contributed by atoms with Gasteiger partial charge in [0.25, 0.3) is 0 Å². The summed E-state index contributed by atoms with van der Waals surface area (Å²) in [6.45, 7) is 6.83. The summed E-state index contributed by atoms with van der Waals surface area (Å²) in [5.74, 6) is -0.361. The first-order valence-electron chi connectivity index (χ1n) is 2.50. The van der Waals surface area contributed by atoms with Crippen molar-refractivity contribution in [2.45, 2.75) is 20.0 Å². The first kappa shape index (κ1) is 11.7. The summed E-state index contributed by atoms with van der Waals surface area (Å²) in [4.78, 5) is 10.3. The van der Waals surface area contributed by atoms with Gasteiger partial charge < -0.3 is 4.74 Å². The van der Waals surface area contributed by atoms with Crippen LogP contribution in [0.25, 0.3) is 0 Å². The maximum absolute atomic E-state index is 10.3. The van der Waals surface area contributed by atoms with Crippen molar-refractivity contribution in [3.63, 3.8) is 0 Å². The Balaban J connectivity index is 0. The third-order valence-corrected chi connectivity index (χ3v) is 0.519. The molecule has 0 spiro atoms. The third-order valence-electron chi connectivity index (χ3n) is 0.519. The van der Waals surface area contributed by atoms with E-state index in [2.05, 4.69) is 11.3 Å². The molecule has 0 N–H and O–H groups in total. The van der Waals surface area contributed by atoms with Crippen molar-refractivity contribution >= 4 is 5.97 Å². The number of rotatable bonds is 2. The van der Waals surface area contributed by atoms with Crippen LogP contribution in [0.3, 0.4) is 0 Å². The Morgan fingerprint density at radius 3 is 2.22 bits per heavy atom. The second-order valence-electron chi connectivity index (χ2n) is 1.69. The molecular weight excluding hydrogens is 152 g/mol. The Hall–Kier alpha value is -0.0757. The van der Waals surface area contributed by atoms with Crippen molar-refractivity contribution in [2.24, 2.45) is 0 Å². The SMILES string of the molecule is C=CC(=O)OC(C)C.[Ti]. The van der Waals surface area contributed by atoms with E-state index in [9.17, 15) is 4.79 Å². The van der Waals surface area contributed by atoms with E-state index in [0.29, 0.717) is 0 Å². The molecule has 0 aromatic rings. The van der Waals surface area contributed by atoms with Gasteiger partial charge in [-0.2, -0.15) is 0 Å². The number of carbonyl (C=O) groups excluding carboxylic acids is 1. The normalized spacial score (nSPS) is 7.89. The quantitative estimate of drug-likeness (QED) is 0.345. The van der Waals surface area contributed by atoms with E-state index < -0.39 is 0 Å². The number of hydrogen-bond donors (Lipinski definition) is 0. The van der Waals surface area contributed by atoms with Crippen molar-refractivity contribution in [1.82, 2.24) is 0 Å². The summed E-state index contributed by atoms with van der Waals surface area (Å²) in [6, 6.07) is 0. The first-order chi connectivity index (χ1) is 3.66. The van der Waals surface area contributed by atoms with E-state index in [0.717, 1.165) is 6.08 Å². The molecule has 0 amide bonds. The minimum Gasteiger partial charge on any atom is -0.460 e. The first-order valence-corrected chi connectivity index (χ1v) is 2.50. The minimum absolute atomic E-state index is 0. The summed E-state index contributed by atoms with van der Waals surface area (Å²) in [5, 5.41) is 0. The molecule has 0 saturated carbocycles. The molecule has 0 radical (unpaired) electrons. The van der Waals surface area contributed by atoms with Crippen LogP contribution in [0, 0.1) is 0 Å². The standard InChI is InChI=1S/C6H10O2.Ti/c1-4-6(7)8-5(2)3;/h4-5H,1H2,2-3H3;. The van der Waals surface area contributed by atoms with E-state index >= 15 is 0 Å². The van der Waals surface area contributed by atoms with E-state index in [1.54, 1.807) is 13.8 Å². The van der Waals surface area contributed by atoms with Crippen LogP contribution < -0.4 is 0 Å². The van der Waals surface area contributed by atoms with Crippen LogP contribution in [-0.2, 0) is 31.2 Å². The van der Waals surface area contributed by atoms with Gasteiger partial charge >= 0.3 is 5.97 Å². The third kappa shape index (κ3) is 7.92. The largest absolute Gasteiger partial charge is 0.460 e. The van der Waals surface area contributed by atoms with Crippen molar-refractivity contribution in [3.05, 3.63) is 12.7 Å². The van der Waals surface area contributed by atoms with Gasteiger partial charge in [-0.05, 0) is 13.8 Å². The summed E-state index contributed by atoms with van der Waals surface area (Å²) in [6.07, 6.45) is 1.11. The molecule has 0 fully saturated rings. The molecule has 0 aliphatic rings. The van der Waals surface area contributed by atoms with Crippen LogP contribution in [-0.4, -0.2) is 12.1 Å². The minimum atomic E-state index is -0.361. The van der Waals surface area contributed by atoms with Crippen molar-refractivity contribution in [1.29, 1.82) is 0 Å². The molecule has 2 nitrogen and oxygen atoms in total. The van der Waals surface area contributed by atoms with Crippen LogP contribution in [0.1, 0.15) is 13.8 Å². The molecular formula is C6H10O2Ti. The molecule has 0 atom stereocenters. The average Bonchev–Trinajstić information content (AvgIpc) is 1.65. The van der Waals surface area contributed by atoms with E-state index in [-0.39, 0.29) is 33.8 Å². The maximum atomic E-state index is 10.3.